The molecule has 0 spiro atoms. The molecule has 0 saturated carbocycles. The Bertz CT molecular complexity index is 361. The molecule has 0 amide bonds. The predicted octanol–water partition coefficient (Wildman–Crippen LogP) is 2.65. The maximum Gasteiger partial charge on any atom is 0.0514 e. The second kappa shape index (κ2) is 6.30. The third kappa shape index (κ3) is 3.09. The number of pyridine rings is 1. The fourth-order valence-electron chi connectivity index (χ4n) is 2.91. The summed E-state index contributed by atoms with van der Waals surface area (Å²) in [5.41, 5.74) is 8.75. The molecular formula is C15H25N3. The normalized spacial score (nSPS) is 25.9. The van der Waals surface area contributed by atoms with Gasteiger partial charge in [0.15, 0.2) is 0 Å². The summed E-state index contributed by atoms with van der Waals surface area (Å²) in [6.07, 6.45) is 6.83. The molecule has 0 bridgehead atoms. The first-order valence-electron chi connectivity index (χ1n) is 7.14. The number of nitrogens with two attached hydrogens (primary N) is 1. The van der Waals surface area contributed by atoms with Crippen molar-refractivity contribution in [3.63, 3.8) is 0 Å². The Balaban J connectivity index is 2.24. The molecule has 1 aliphatic heterocycles. The molecule has 100 valence electrons. The molecule has 1 aliphatic rings. The van der Waals surface area contributed by atoms with Gasteiger partial charge in [-0.3, -0.25) is 9.88 Å². The highest BCUT2D eigenvalue weighted by atomic mass is 15.2. The largest absolute Gasteiger partial charge is 0.326 e. The van der Waals surface area contributed by atoms with Crippen LogP contribution in [0.5, 0.6) is 0 Å². The van der Waals surface area contributed by atoms with Crippen LogP contribution in [-0.4, -0.2) is 29.0 Å². The molecule has 1 aromatic heterocycles. The average molecular weight is 247 g/mol. The minimum Gasteiger partial charge on any atom is -0.326 e. The highest BCUT2D eigenvalue weighted by molar-refractivity contribution is 5.19. The van der Waals surface area contributed by atoms with Gasteiger partial charge in [-0.25, -0.2) is 0 Å². The summed E-state index contributed by atoms with van der Waals surface area (Å²) in [6, 6.07) is 4.88. The van der Waals surface area contributed by atoms with E-state index in [2.05, 4.69) is 28.9 Å². The standard InChI is InChI=1S/C15H25N3/c1-3-9-18-10-5-4-6-14(16)15(18)13-8-7-12(2)17-11-13/h7-8,11,14-15H,3-6,9-10,16H2,1-2H3. The van der Waals surface area contributed by atoms with Crippen LogP contribution in [-0.2, 0) is 0 Å². The van der Waals surface area contributed by atoms with Gasteiger partial charge in [-0.15, -0.1) is 0 Å². The number of aromatic nitrogens is 1. The molecule has 2 unspecified atom stereocenters. The molecule has 2 N–H and O–H groups in total. The van der Waals surface area contributed by atoms with Gasteiger partial charge in [0.25, 0.3) is 0 Å². The van der Waals surface area contributed by atoms with Crippen molar-refractivity contribution in [2.75, 3.05) is 13.1 Å². The third-order valence-electron chi connectivity index (χ3n) is 3.82. The van der Waals surface area contributed by atoms with Gasteiger partial charge in [-0.05, 0) is 50.9 Å². The molecule has 2 atom stereocenters. The van der Waals surface area contributed by atoms with Crippen LogP contribution in [0.15, 0.2) is 18.3 Å². The van der Waals surface area contributed by atoms with Crippen LogP contribution in [0.3, 0.4) is 0 Å². The van der Waals surface area contributed by atoms with Crippen LogP contribution >= 0.6 is 0 Å². The predicted molar refractivity (Wildman–Crippen MR) is 75.4 cm³/mol. The minimum atomic E-state index is 0.239. The van der Waals surface area contributed by atoms with Gasteiger partial charge < -0.3 is 5.73 Å². The number of hydrogen-bond acceptors (Lipinski definition) is 3. The number of hydrogen-bond donors (Lipinski definition) is 1. The second-order valence-corrected chi connectivity index (χ2v) is 5.37. The topological polar surface area (TPSA) is 42.1 Å². The summed E-state index contributed by atoms with van der Waals surface area (Å²) in [7, 11) is 0. The van der Waals surface area contributed by atoms with Crippen LogP contribution in [0.1, 0.15) is 49.9 Å². The molecule has 2 rings (SSSR count). The quantitative estimate of drug-likeness (QED) is 0.893. The van der Waals surface area contributed by atoms with Crippen molar-refractivity contribution in [2.45, 2.75) is 51.6 Å². The average Bonchev–Trinajstić information content (AvgIpc) is 2.53. The summed E-state index contributed by atoms with van der Waals surface area (Å²) < 4.78 is 0. The van der Waals surface area contributed by atoms with Gasteiger partial charge in [0.05, 0.1) is 6.04 Å². The van der Waals surface area contributed by atoms with Gasteiger partial charge >= 0.3 is 0 Å². The number of aryl methyl sites for hydroxylation is 1. The van der Waals surface area contributed by atoms with Crippen molar-refractivity contribution < 1.29 is 0 Å². The lowest BCUT2D eigenvalue weighted by molar-refractivity contribution is 0.185. The van der Waals surface area contributed by atoms with Crippen molar-refractivity contribution in [1.82, 2.24) is 9.88 Å². The smallest absolute Gasteiger partial charge is 0.0514 e. The van der Waals surface area contributed by atoms with E-state index >= 15 is 0 Å². The van der Waals surface area contributed by atoms with Crippen molar-refractivity contribution in [3.05, 3.63) is 29.6 Å². The third-order valence-corrected chi connectivity index (χ3v) is 3.82. The van der Waals surface area contributed by atoms with E-state index in [1.165, 1.54) is 31.4 Å². The Morgan fingerprint density at radius 2 is 2.22 bits per heavy atom. The molecule has 0 aliphatic carbocycles. The minimum absolute atomic E-state index is 0.239. The van der Waals surface area contributed by atoms with E-state index < -0.39 is 0 Å². The highest BCUT2D eigenvalue weighted by Gasteiger charge is 2.28. The fourth-order valence-corrected chi connectivity index (χ4v) is 2.91. The Labute approximate surface area is 110 Å². The van der Waals surface area contributed by atoms with Crippen molar-refractivity contribution in [2.24, 2.45) is 5.73 Å². The molecule has 18 heavy (non-hydrogen) atoms. The van der Waals surface area contributed by atoms with E-state index in [0.29, 0.717) is 6.04 Å². The first kappa shape index (κ1) is 13.5. The van der Waals surface area contributed by atoms with Crippen LogP contribution in [0, 0.1) is 6.92 Å². The Morgan fingerprint density at radius 1 is 1.39 bits per heavy atom. The summed E-state index contributed by atoms with van der Waals surface area (Å²) in [5.74, 6) is 0. The number of rotatable bonds is 3. The molecule has 3 nitrogen and oxygen atoms in total. The van der Waals surface area contributed by atoms with Gasteiger partial charge in [-0.2, -0.15) is 0 Å². The summed E-state index contributed by atoms with van der Waals surface area (Å²) in [4.78, 5) is 6.98. The summed E-state index contributed by atoms with van der Waals surface area (Å²) >= 11 is 0. The Kier molecular flexibility index (Phi) is 4.72. The van der Waals surface area contributed by atoms with Crippen LogP contribution < -0.4 is 5.73 Å². The van der Waals surface area contributed by atoms with Crippen molar-refractivity contribution in [3.8, 4) is 0 Å². The summed E-state index contributed by atoms with van der Waals surface area (Å²) in [5, 5.41) is 0. The lowest BCUT2D eigenvalue weighted by atomic mass is 9.97. The molecule has 1 aromatic rings. The lowest BCUT2D eigenvalue weighted by Crippen LogP contribution is -2.40. The first-order valence-corrected chi connectivity index (χ1v) is 7.14. The van der Waals surface area contributed by atoms with E-state index in [1.807, 2.05) is 13.1 Å². The molecule has 0 radical (unpaired) electrons. The van der Waals surface area contributed by atoms with Crippen molar-refractivity contribution >= 4 is 0 Å². The Hall–Kier alpha value is -0.930. The van der Waals surface area contributed by atoms with Gasteiger partial charge in [0, 0.05) is 17.9 Å². The first-order chi connectivity index (χ1) is 8.72. The molecule has 0 aromatic carbocycles. The van der Waals surface area contributed by atoms with Crippen molar-refractivity contribution in [1.29, 1.82) is 0 Å². The Morgan fingerprint density at radius 3 is 2.89 bits per heavy atom. The molecule has 1 fully saturated rings. The second-order valence-electron chi connectivity index (χ2n) is 5.37. The SMILES string of the molecule is CCCN1CCCCC(N)C1c1ccc(C)nc1. The van der Waals surface area contributed by atoms with Gasteiger partial charge in [-0.1, -0.05) is 19.4 Å². The molecule has 3 heteroatoms. The van der Waals surface area contributed by atoms with Crippen LogP contribution in [0.4, 0.5) is 0 Å². The van der Waals surface area contributed by atoms with Gasteiger partial charge in [0.1, 0.15) is 0 Å². The molecule has 1 saturated heterocycles. The highest BCUT2D eigenvalue weighted by Crippen LogP contribution is 2.29. The maximum absolute atomic E-state index is 6.40. The fraction of sp³-hybridized carbons (Fsp3) is 0.667. The van der Waals surface area contributed by atoms with Crippen LogP contribution in [0.2, 0.25) is 0 Å². The number of nitrogens with zero attached hydrogens (tertiary/aromatic N) is 2. The van der Waals surface area contributed by atoms with E-state index in [4.69, 9.17) is 5.73 Å². The van der Waals surface area contributed by atoms with Crippen LogP contribution in [0.25, 0.3) is 0 Å². The zero-order chi connectivity index (χ0) is 13.0. The van der Waals surface area contributed by atoms with E-state index in [0.717, 1.165) is 18.7 Å². The monoisotopic (exact) mass is 247 g/mol. The van der Waals surface area contributed by atoms with E-state index in [1.54, 1.807) is 0 Å². The zero-order valence-corrected chi connectivity index (χ0v) is 11.6. The van der Waals surface area contributed by atoms with Gasteiger partial charge in [0.2, 0.25) is 0 Å². The lowest BCUT2D eigenvalue weighted by Gasteiger charge is -2.33. The maximum atomic E-state index is 6.40. The molecule has 2 heterocycles. The van der Waals surface area contributed by atoms with E-state index in [9.17, 15) is 0 Å². The molecular weight excluding hydrogens is 222 g/mol. The number of likely N-dealkylation sites (tertiary alicyclic amines) is 1. The van der Waals surface area contributed by atoms with E-state index in [-0.39, 0.29) is 6.04 Å². The summed E-state index contributed by atoms with van der Waals surface area (Å²) in [6.45, 7) is 6.56. The zero-order valence-electron chi connectivity index (χ0n) is 11.6.